The maximum Gasteiger partial charge on any atom is 0.413 e. The standard InChI is InChI=1S/C21H31N3O5/c1-13-8-15(22-17(9-13)23-18(26)28-20(2,3)4)10-14-11-24(12-16(14)25)19(27)29-21(5,6)7/h8-9,14H,10-12H2,1-7H3,(H,22,23,26). The highest BCUT2D eigenvalue weighted by Gasteiger charge is 2.36. The number of carbonyl (C=O) groups is 3. The number of aromatic nitrogens is 1. The quantitative estimate of drug-likeness (QED) is 0.823. The summed E-state index contributed by atoms with van der Waals surface area (Å²) in [7, 11) is 0. The molecule has 0 radical (unpaired) electrons. The Balaban J connectivity index is 2.04. The van der Waals surface area contributed by atoms with Gasteiger partial charge in [0.15, 0.2) is 5.78 Å². The first-order chi connectivity index (χ1) is 13.2. The minimum absolute atomic E-state index is 0.0270. The van der Waals surface area contributed by atoms with Gasteiger partial charge in [0.25, 0.3) is 0 Å². The summed E-state index contributed by atoms with van der Waals surface area (Å²) in [5.41, 5.74) is 0.340. The zero-order valence-corrected chi connectivity index (χ0v) is 18.3. The number of hydrogen-bond acceptors (Lipinski definition) is 6. The van der Waals surface area contributed by atoms with E-state index in [-0.39, 0.29) is 24.8 Å². The molecule has 8 nitrogen and oxygen atoms in total. The van der Waals surface area contributed by atoms with Crippen LogP contribution in [0.2, 0.25) is 0 Å². The van der Waals surface area contributed by atoms with E-state index in [0.29, 0.717) is 17.9 Å². The molecular weight excluding hydrogens is 374 g/mol. The fraction of sp³-hybridized carbons (Fsp3) is 0.619. The molecule has 1 aromatic heterocycles. The molecule has 8 heteroatoms. The van der Waals surface area contributed by atoms with Gasteiger partial charge in [-0.05, 0) is 66.2 Å². The highest BCUT2D eigenvalue weighted by Crippen LogP contribution is 2.22. The highest BCUT2D eigenvalue weighted by atomic mass is 16.6. The van der Waals surface area contributed by atoms with E-state index in [1.807, 2.05) is 13.0 Å². The van der Waals surface area contributed by atoms with Crippen LogP contribution in [0.5, 0.6) is 0 Å². The van der Waals surface area contributed by atoms with Gasteiger partial charge in [-0.2, -0.15) is 0 Å². The molecule has 2 heterocycles. The summed E-state index contributed by atoms with van der Waals surface area (Å²) < 4.78 is 10.6. The lowest BCUT2D eigenvalue weighted by molar-refractivity contribution is -0.119. The first-order valence-corrected chi connectivity index (χ1v) is 9.70. The first kappa shape index (κ1) is 22.6. The van der Waals surface area contributed by atoms with Gasteiger partial charge < -0.3 is 14.4 Å². The van der Waals surface area contributed by atoms with Crippen molar-refractivity contribution in [3.05, 3.63) is 23.4 Å². The Labute approximate surface area is 172 Å². The number of ether oxygens (including phenoxy) is 2. The number of nitrogens with one attached hydrogen (secondary N) is 1. The number of nitrogens with zero attached hydrogens (tertiary/aromatic N) is 2. The molecule has 1 N–H and O–H groups in total. The summed E-state index contributed by atoms with van der Waals surface area (Å²) in [6.45, 7) is 12.9. The molecule has 0 aromatic carbocycles. The summed E-state index contributed by atoms with van der Waals surface area (Å²) >= 11 is 0. The summed E-state index contributed by atoms with van der Waals surface area (Å²) in [5, 5.41) is 2.63. The minimum Gasteiger partial charge on any atom is -0.444 e. The van der Waals surface area contributed by atoms with E-state index < -0.39 is 23.4 Å². The molecule has 1 saturated heterocycles. The Morgan fingerprint density at radius 2 is 1.76 bits per heavy atom. The van der Waals surface area contributed by atoms with Crippen LogP contribution in [0.25, 0.3) is 0 Å². The van der Waals surface area contributed by atoms with Gasteiger partial charge in [0.2, 0.25) is 0 Å². The number of anilines is 1. The number of aryl methyl sites for hydroxylation is 1. The average Bonchev–Trinajstić information content (AvgIpc) is 2.84. The average molecular weight is 405 g/mol. The van der Waals surface area contributed by atoms with Gasteiger partial charge in [-0.3, -0.25) is 10.1 Å². The lowest BCUT2D eigenvalue weighted by atomic mass is 10.0. The second kappa shape index (κ2) is 8.39. The lowest BCUT2D eigenvalue weighted by Crippen LogP contribution is -2.35. The second-order valence-corrected chi connectivity index (χ2v) is 9.38. The molecule has 1 aliphatic heterocycles. The molecular formula is C21H31N3O5. The third-order valence-corrected chi connectivity index (χ3v) is 4.00. The Kier molecular flexibility index (Phi) is 6.55. The topological polar surface area (TPSA) is 97.8 Å². The highest BCUT2D eigenvalue weighted by molar-refractivity contribution is 5.89. The minimum atomic E-state index is -0.613. The van der Waals surface area contributed by atoms with Crippen LogP contribution in [0.1, 0.15) is 52.8 Å². The number of likely N-dealkylation sites (tertiary alicyclic amines) is 1. The molecule has 160 valence electrons. The fourth-order valence-electron chi connectivity index (χ4n) is 2.96. The number of rotatable bonds is 3. The van der Waals surface area contributed by atoms with Crippen LogP contribution in [0, 0.1) is 12.8 Å². The van der Waals surface area contributed by atoms with Crippen LogP contribution >= 0.6 is 0 Å². The third kappa shape index (κ3) is 7.36. The molecule has 29 heavy (non-hydrogen) atoms. The third-order valence-electron chi connectivity index (χ3n) is 4.00. The maximum atomic E-state index is 12.4. The Morgan fingerprint density at radius 1 is 1.14 bits per heavy atom. The molecule has 2 amide bonds. The van der Waals surface area contributed by atoms with Gasteiger partial charge in [-0.15, -0.1) is 0 Å². The summed E-state index contributed by atoms with van der Waals surface area (Å²) in [4.78, 5) is 42.5. The molecule has 1 atom stereocenters. The largest absolute Gasteiger partial charge is 0.444 e. The zero-order valence-electron chi connectivity index (χ0n) is 18.3. The molecule has 0 aliphatic carbocycles. The number of hydrogen-bond donors (Lipinski definition) is 1. The molecule has 1 fully saturated rings. The van der Waals surface area contributed by atoms with Crippen molar-refractivity contribution in [3.8, 4) is 0 Å². The van der Waals surface area contributed by atoms with Gasteiger partial charge in [-0.1, -0.05) is 0 Å². The smallest absolute Gasteiger partial charge is 0.413 e. The van der Waals surface area contributed by atoms with Crippen molar-refractivity contribution in [3.63, 3.8) is 0 Å². The zero-order chi connectivity index (χ0) is 22.0. The van der Waals surface area contributed by atoms with E-state index in [0.717, 1.165) is 5.56 Å². The monoisotopic (exact) mass is 405 g/mol. The Hall–Kier alpha value is -2.64. The van der Waals surface area contributed by atoms with Gasteiger partial charge in [-0.25, -0.2) is 14.6 Å². The van der Waals surface area contributed by atoms with Crippen molar-refractivity contribution in [2.24, 2.45) is 5.92 Å². The molecule has 0 saturated carbocycles. The van der Waals surface area contributed by atoms with E-state index >= 15 is 0 Å². The maximum absolute atomic E-state index is 12.4. The Bertz CT molecular complexity index is 792. The number of pyridine rings is 1. The SMILES string of the molecule is Cc1cc(CC2CN(C(=O)OC(C)(C)C)CC2=O)nc(NC(=O)OC(C)(C)C)c1. The number of Topliss-reactive ketones (excluding diaryl/α,β-unsaturated/α-hetero) is 1. The first-order valence-electron chi connectivity index (χ1n) is 9.70. The van der Waals surface area contributed by atoms with Gasteiger partial charge >= 0.3 is 12.2 Å². The lowest BCUT2D eigenvalue weighted by Gasteiger charge is -2.24. The van der Waals surface area contributed by atoms with Gasteiger partial charge in [0.05, 0.1) is 6.54 Å². The molecule has 2 rings (SSSR count). The van der Waals surface area contributed by atoms with Crippen LogP contribution in [0.4, 0.5) is 15.4 Å². The van der Waals surface area contributed by atoms with Crippen molar-refractivity contribution >= 4 is 23.8 Å². The van der Waals surface area contributed by atoms with Crippen LogP contribution in [0.3, 0.4) is 0 Å². The summed E-state index contributed by atoms with van der Waals surface area (Å²) in [6.07, 6.45) is -0.699. The van der Waals surface area contributed by atoms with E-state index in [9.17, 15) is 14.4 Å². The molecule has 1 aliphatic rings. The predicted molar refractivity (Wildman–Crippen MR) is 109 cm³/mol. The van der Waals surface area contributed by atoms with Crippen molar-refractivity contribution in [2.45, 2.75) is 66.1 Å². The summed E-state index contributed by atoms with van der Waals surface area (Å²) in [6, 6.07) is 3.60. The van der Waals surface area contributed by atoms with Crippen LogP contribution in [-0.4, -0.2) is 52.1 Å². The van der Waals surface area contributed by atoms with E-state index in [2.05, 4.69) is 10.3 Å². The van der Waals surface area contributed by atoms with E-state index in [1.54, 1.807) is 47.6 Å². The van der Waals surface area contributed by atoms with Crippen molar-refractivity contribution in [1.29, 1.82) is 0 Å². The number of carbonyl (C=O) groups excluding carboxylic acids is 3. The van der Waals surface area contributed by atoms with E-state index in [4.69, 9.17) is 9.47 Å². The van der Waals surface area contributed by atoms with Crippen LogP contribution < -0.4 is 5.32 Å². The van der Waals surface area contributed by atoms with Gasteiger partial charge in [0.1, 0.15) is 17.0 Å². The number of ketones is 1. The van der Waals surface area contributed by atoms with Crippen molar-refractivity contribution < 1.29 is 23.9 Å². The van der Waals surface area contributed by atoms with Crippen LogP contribution in [-0.2, 0) is 20.7 Å². The summed E-state index contributed by atoms with van der Waals surface area (Å²) in [5.74, 6) is -0.0179. The van der Waals surface area contributed by atoms with Gasteiger partial charge in [0, 0.05) is 24.6 Å². The Morgan fingerprint density at radius 3 is 2.34 bits per heavy atom. The normalized spacial score (nSPS) is 17.3. The second-order valence-electron chi connectivity index (χ2n) is 9.38. The fourth-order valence-corrected chi connectivity index (χ4v) is 2.96. The molecule has 0 spiro atoms. The van der Waals surface area contributed by atoms with Crippen LogP contribution in [0.15, 0.2) is 12.1 Å². The van der Waals surface area contributed by atoms with E-state index in [1.165, 1.54) is 4.90 Å². The molecule has 1 aromatic rings. The van der Waals surface area contributed by atoms with Crippen molar-refractivity contribution in [2.75, 3.05) is 18.4 Å². The predicted octanol–water partition coefficient (Wildman–Crippen LogP) is 3.72. The molecule has 1 unspecified atom stereocenters. The molecule has 0 bridgehead atoms. The number of amides is 2. The van der Waals surface area contributed by atoms with Crippen molar-refractivity contribution in [1.82, 2.24) is 9.88 Å².